The third-order valence-corrected chi connectivity index (χ3v) is 6.01. The van der Waals surface area contributed by atoms with Gasteiger partial charge in [-0.25, -0.2) is 8.42 Å². The van der Waals surface area contributed by atoms with E-state index in [1.807, 2.05) is 24.3 Å². The summed E-state index contributed by atoms with van der Waals surface area (Å²) in [5, 5.41) is 9.59. The van der Waals surface area contributed by atoms with Crippen molar-refractivity contribution >= 4 is 15.8 Å². The van der Waals surface area contributed by atoms with Crippen LogP contribution in [0.25, 0.3) is 0 Å². The Morgan fingerprint density at radius 1 is 1.30 bits per heavy atom. The zero-order valence-electron chi connectivity index (χ0n) is 11.6. The molecule has 1 atom stereocenters. The van der Waals surface area contributed by atoms with Crippen LogP contribution in [0.15, 0.2) is 24.3 Å². The number of benzene rings is 1. The lowest BCUT2D eigenvalue weighted by molar-refractivity contribution is -0.150. The van der Waals surface area contributed by atoms with E-state index in [0.29, 0.717) is 19.3 Å². The van der Waals surface area contributed by atoms with Gasteiger partial charge in [0.15, 0.2) is 0 Å². The molecule has 110 valence electrons. The Hall–Kier alpha value is -1.36. The molecule has 20 heavy (non-hydrogen) atoms. The summed E-state index contributed by atoms with van der Waals surface area (Å²) in [6.45, 7) is 1.60. The Kier molecular flexibility index (Phi) is 4.18. The lowest BCUT2D eigenvalue weighted by atomic mass is 9.70. The molecular formula is C15H20O4S. The summed E-state index contributed by atoms with van der Waals surface area (Å²) >= 11 is 0. The minimum absolute atomic E-state index is 0.0437. The fraction of sp³-hybridized carbons (Fsp3) is 0.533. The molecule has 2 rings (SSSR count). The van der Waals surface area contributed by atoms with E-state index in [2.05, 4.69) is 0 Å². The summed E-state index contributed by atoms with van der Waals surface area (Å²) in [7, 11) is -3.13. The molecule has 1 aromatic carbocycles. The van der Waals surface area contributed by atoms with Crippen molar-refractivity contribution in [3.05, 3.63) is 35.4 Å². The second-order valence-electron chi connectivity index (χ2n) is 5.52. The number of aliphatic carboxylic acids is 1. The predicted octanol–water partition coefficient (Wildman–Crippen LogP) is 2.07. The number of sulfone groups is 1. The summed E-state index contributed by atoms with van der Waals surface area (Å²) in [6.07, 6.45) is 1.85. The van der Waals surface area contributed by atoms with E-state index in [1.54, 1.807) is 6.92 Å². The number of carbonyl (C=O) groups is 1. The van der Waals surface area contributed by atoms with E-state index in [0.717, 1.165) is 5.56 Å². The molecule has 1 unspecified atom stereocenters. The number of carboxylic acids is 1. The monoisotopic (exact) mass is 296 g/mol. The highest BCUT2D eigenvalue weighted by Crippen LogP contribution is 2.39. The van der Waals surface area contributed by atoms with E-state index in [4.69, 9.17) is 0 Å². The Morgan fingerprint density at radius 2 is 1.95 bits per heavy atom. The van der Waals surface area contributed by atoms with Gasteiger partial charge in [-0.1, -0.05) is 31.2 Å². The van der Waals surface area contributed by atoms with Gasteiger partial charge in [0, 0.05) is 5.75 Å². The van der Waals surface area contributed by atoms with Crippen molar-refractivity contribution in [2.24, 2.45) is 5.41 Å². The van der Waals surface area contributed by atoms with Gasteiger partial charge in [0.1, 0.15) is 9.84 Å². The van der Waals surface area contributed by atoms with Crippen molar-refractivity contribution in [3.8, 4) is 0 Å². The van der Waals surface area contributed by atoms with Crippen LogP contribution < -0.4 is 0 Å². The largest absolute Gasteiger partial charge is 0.481 e. The average molecular weight is 296 g/mol. The van der Waals surface area contributed by atoms with Crippen LogP contribution in [-0.2, 0) is 27.5 Å². The quantitative estimate of drug-likeness (QED) is 0.903. The molecule has 0 bridgehead atoms. The maximum Gasteiger partial charge on any atom is 0.310 e. The third kappa shape index (κ3) is 3.03. The van der Waals surface area contributed by atoms with Crippen molar-refractivity contribution in [2.75, 3.05) is 11.5 Å². The van der Waals surface area contributed by atoms with Gasteiger partial charge >= 0.3 is 5.97 Å². The minimum atomic E-state index is -3.13. The number of aryl methyl sites for hydroxylation is 1. The topological polar surface area (TPSA) is 71.4 Å². The average Bonchev–Trinajstić information content (AvgIpc) is 2.45. The molecule has 1 aliphatic carbocycles. The molecule has 0 amide bonds. The third-order valence-electron chi connectivity index (χ3n) is 4.31. The Bertz CT molecular complexity index is 606. The Balaban J connectivity index is 2.23. The van der Waals surface area contributed by atoms with Crippen LogP contribution in [0.4, 0.5) is 0 Å². The first-order chi connectivity index (χ1) is 9.38. The summed E-state index contributed by atoms with van der Waals surface area (Å²) in [4.78, 5) is 11.7. The Labute approximate surface area is 119 Å². The zero-order chi connectivity index (χ0) is 14.8. The van der Waals surface area contributed by atoms with Crippen molar-refractivity contribution in [1.82, 2.24) is 0 Å². The first kappa shape index (κ1) is 15.0. The van der Waals surface area contributed by atoms with Gasteiger partial charge in [-0.15, -0.1) is 0 Å². The van der Waals surface area contributed by atoms with Gasteiger partial charge in [0.25, 0.3) is 0 Å². The predicted molar refractivity (Wildman–Crippen MR) is 77.5 cm³/mol. The van der Waals surface area contributed by atoms with Gasteiger partial charge in [-0.3, -0.25) is 4.79 Å². The second kappa shape index (κ2) is 5.56. The van der Waals surface area contributed by atoms with Crippen LogP contribution in [0.2, 0.25) is 0 Å². The molecule has 0 aliphatic heterocycles. The zero-order valence-corrected chi connectivity index (χ0v) is 12.4. The summed E-state index contributed by atoms with van der Waals surface area (Å²) in [6, 6.07) is 7.82. The SMILES string of the molecule is CCS(=O)(=O)CCC1(C(=O)O)CCc2ccccc2C1. The summed E-state index contributed by atoms with van der Waals surface area (Å²) in [5.74, 6) is -0.852. The summed E-state index contributed by atoms with van der Waals surface area (Å²) < 4.78 is 23.3. The minimum Gasteiger partial charge on any atom is -0.481 e. The molecule has 1 N–H and O–H groups in total. The van der Waals surface area contributed by atoms with Crippen LogP contribution in [0.1, 0.15) is 30.9 Å². The number of rotatable bonds is 5. The molecule has 0 saturated carbocycles. The molecule has 0 radical (unpaired) electrons. The van der Waals surface area contributed by atoms with E-state index in [9.17, 15) is 18.3 Å². The van der Waals surface area contributed by atoms with Crippen molar-refractivity contribution in [1.29, 1.82) is 0 Å². The lowest BCUT2D eigenvalue weighted by Gasteiger charge is -2.34. The summed E-state index contributed by atoms with van der Waals surface area (Å²) in [5.41, 5.74) is 1.29. The first-order valence-electron chi connectivity index (χ1n) is 6.89. The van der Waals surface area contributed by atoms with Crippen LogP contribution >= 0.6 is 0 Å². The van der Waals surface area contributed by atoms with Crippen LogP contribution in [0.3, 0.4) is 0 Å². The van der Waals surface area contributed by atoms with Gasteiger partial charge in [-0.05, 0) is 36.8 Å². The lowest BCUT2D eigenvalue weighted by Crippen LogP contribution is -2.38. The molecule has 4 nitrogen and oxygen atoms in total. The Morgan fingerprint density at radius 3 is 2.55 bits per heavy atom. The molecule has 1 aliphatic rings. The van der Waals surface area contributed by atoms with Gasteiger partial charge < -0.3 is 5.11 Å². The molecule has 0 aromatic heterocycles. The van der Waals surface area contributed by atoms with Crippen molar-refractivity contribution in [3.63, 3.8) is 0 Å². The fourth-order valence-electron chi connectivity index (χ4n) is 2.80. The molecular weight excluding hydrogens is 276 g/mol. The van der Waals surface area contributed by atoms with E-state index >= 15 is 0 Å². The van der Waals surface area contributed by atoms with Crippen LogP contribution in [0.5, 0.6) is 0 Å². The maximum atomic E-state index is 11.7. The van der Waals surface area contributed by atoms with E-state index in [-0.39, 0.29) is 17.9 Å². The van der Waals surface area contributed by atoms with Crippen LogP contribution in [0, 0.1) is 5.41 Å². The van der Waals surface area contributed by atoms with Crippen LogP contribution in [-0.4, -0.2) is 31.0 Å². The number of hydrogen-bond acceptors (Lipinski definition) is 3. The number of hydrogen-bond donors (Lipinski definition) is 1. The number of carboxylic acid groups (broad SMARTS) is 1. The van der Waals surface area contributed by atoms with E-state index in [1.165, 1.54) is 5.56 Å². The molecule has 5 heteroatoms. The molecule has 0 fully saturated rings. The molecule has 0 heterocycles. The van der Waals surface area contributed by atoms with Crippen molar-refractivity contribution < 1.29 is 18.3 Å². The highest BCUT2D eigenvalue weighted by Gasteiger charge is 2.41. The maximum absolute atomic E-state index is 11.7. The highest BCUT2D eigenvalue weighted by molar-refractivity contribution is 7.91. The normalized spacial score (nSPS) is 22.2. The van der Waals surface area contributed by atoms with Gasteiger partial charge in [-0.2, -0.15) is 0 Å². The van der Waals surface area contributed by atoms with Gasteiger partial charge in [0.2, 0.25) is 0 Å². The molecule has 0 spiro atoms. The van der Waals surface area contributed by atoms with Crippen molar-refractivity contribution in [2.45, 2.75) is 32.6 Å². The number of fused-ring (bicyclic) bond motifs is 1. The van der Waals surface area contributed by atoms with E-state index < -0.39 is 21.2 Å². The first-order valence-corrected chi connectivity index (χ1v) is 8.71. The fourth-order valence-corrected chi connectivity index (χ4v) is 3.79. The highest BCUT2D eigenvalue weighted by atomic mass is 32.2. The standard InChI is InChI=1S/C15H20O4S/c1-2-20(18,19)10-9-15(14(16)17)8-7-12-5-3-4-6-13(12)11-15/h3-6H,2,7-11H2,1H3,(H,16,17). The molecule has 0 saturated heterocycles. The molecule has 1 aromatic rings. The van der Waals surface area contributed by atoms with Gasteiger partial charge in [0.05, 0.1) is 11.2 Å². The second-order valence-corrected chi connectivity index (χ2v) is 7.99. The smallest absolute Gasteiger partial charge is 0.310 e.